The van der Waals surface area contributed by atoms with Gasteiger partial charge in [0.05, 0.1) is 28.9 Å². The predicted molar refractivity (Wildman–Crippen MR) is 113 cm³/mol. The monoisotopic (exact) mass is 446 g/mol. The van der Waals surface area contributed by atoms with E-state index < -0.39 is 29.4 Å². The van der Waals surface area contributed by atoms with Gasteiger partial charge in [-0.3, -0.25) is 9.59 Å². The van der Waals surface area contributed by atoms with Gasteiger partial charge < -0.3 is 15.6 Å². The van der Waals surface area contributed by atoms with Crippen molar-refractivity contribution in [2.75, 3.05) is 18.0 Å². The lowest BCUT2D eigenvalue weighted by atomic mass is 10.0. The fourth-order valence-electron chi connectivity index (χ4n) is 4.05. The second-order valence-corrected chi connectivity index (χ2v) is 7.50. The predicted octanol–water partition coefficient (Wildman–Crippen LogP) is 4.33. The van der Waals surface area contributed by atoms with Crippen LogP contribution in [-0.2, 0) is 11.0 Å². The molecule has 0 saturated carbocycles. The van der Waals surface area contributed by atoms with Crippen molar-refractivity contribution in [2.45, 2.75) is 19.0 Å². The van der Waals surface area contributed by atoms with Crippen LogP contribution in [0.25, 0.3) is 21.8 Å². The zero-order valence-corrected chi connectivity index (χ0v) is 16.7. The molecule has 1 aliphatic heterocycles. The van der Waals surface area contributed by atoms with Gasteiger partial charge in [0.1, 0.15) is 5.82 Å². The van der Waals surface area contributed by atoms with E-state index in [-0.39, 0.29) is 34.2 Å². The molecule has 3 N–H and O–H groups in total. The van der Waals surface area contributed by atoms with E-state index in [0.717, 1.165) is 24.3 Å². The number of hydrogen-bond donors (Lipinski definition) is 2. The van der Waals surface area contributed by atoms with Crippen LogP contribution in [0, 0.1) is 5.82 Å². The number of nitrogens with two attached hydrogens (primary N) is 1. The van der Waals surface area contributed by atoms with E-state index in [1.54, 1.807) is 4.90 Å². The number of hydrogen-bond acceptors (Lipinski definition) is 3. The third kappa shape index (κ3) is 3.72. The lowest BCUT2D eigenvalue weighted by molar-refractivity contribution is -0.137. The molecule has 3 aromatic rings. The Morgan fingerprint density at radius 3 is 2.66 bits per heavy atom. The Kier molecular flexibility index (Phi) is 5.23. The van der Waals surface area contributed by atoms with Crippen molar-refractivity contribution in [3.05, 3.63) is 53.9 Å². The van der Waals surface area contributed by atoms with Gasteiger partial charge in [0.2, 0.25) is 0 Å². The van der Waals surface area contributed by atoms with Crippen molar-refractivity contribution >= 4 is 45.0 Å². The van der Waals surface area contributed by atoms with Gasteiger partial charge in [0.15, 0.2) is 0 Å². The molecule has 6 nitrogen and oxygen atoms in total. The summed E-state index contributed by atoms with van der Waals surface area (Å²) >= 11 is 0. The molecule has 10 heteroatoms. The molecule has 2 heterocycles. The van der Waals surface area contributed by atoms with Gasteiger partial charge in [0, 0.05) is 28.5 Å². The van der Waals surface area contributed by atoms with Crippen LogP contribution in [0.15, 0.2) is 41.9 Å². The van der Waals surface area contributed by atoms with Crippen LogP contribution in [0.3, 0.4) is 0 Å². The number of anilines is 1. The van der Waals surface area contributed by atoms with E-state index in [9.17, 15) is 22.8 Å². The first kappa shape index (κ1) is 21.5. The molecule has 0 bridgehead atoms. The number of piperidine rings is 1. The van der Waals surface area contributed by atoms with E-state index in [4.69, 9.17) is 5.73 Å². The number of primary amides is 1. The Balaban J connectivity index is 1.96. The summed E-state index contributed by atoms with van der Waals surface area (Å²) in [6.45, 7) is 3.95. The maximum atomic E-state index is 15.3. The van der Waals surface area contributed by atoms with Gasteiger partial charge in [0.25, 0.3) is 11.8 Å². The maximum Gasteiger partial charge on any atom is 0.416 e. The fraction of sp³-hybridized carbons (Fsp3) is 0.227. The minimum absolute atomic E-state index is 0.0944. The smallest absolute Gasteiger partial charge is 0.366 e. The molecule has 2 amide bonds. The molecule has 0 unspecified atom stereocenters. The summed E-state index contributed by atoms with van der Waals surface area (Å²) in [6.07, 6.45) is -2.36. The molecule has 4 rings (SSSR count). The van der Waals surface area contributed by atoms with Crippen LogP contribution in [0.2, 0.25) is 0 Å². The van der Waals surface area contributed by atoms with E-state index >= 15 is 4.39 Å². The SMILES string of the molecule is C=CC(=O)N=C1CCCN(c2c(F)cc(C(N)=O)c3[nH]c4cc(C(F)(F)F)ccc4c23)C1. The Hall–Kier alpha value is -3.69. The molecular formula is C22H18F4N4O2. The number of halogens is 4. The summed E-state index contributed by atoms with van der Waals surface area (Å²) in [5.41, 5.74) is 5.24. The summed E-state index contributed by atoms with van der Waals surface area (Å²) in [6, 6.07) is 4.03. The van der Waals surface area contributed by atoms with Crippen molar-refractivity contribution in [2.24, 2.45) is 10.7 Å². The molecule has 0 aliphatic carbocycles. The van der Waals surface area contributed by atoms with Crippen LogP contribution in [0.5, 0.6) is 0 Å². The van der Waals surface area contributed by atoms with Crippen molar-refractivity contribution in [3.63, 3.8) is 0 Å². The minimum Gasteiger partial charge on any atom is -0.366 e. The van der Waals surface area contributed by atoms with E-state index in [0.29, 0.717) is 30.5 Å². The van der Waals surface area contributed by atoms with Gasteiger partial charge in [-0.15, -0.1) is 0 Å². The van der Waals surface area contributed by atoms with E-state index in [1.807, 2.05) is 0 Å². The van der Waals surface area contributed by atoms with Crippen molar-refractivity contribution in [1.82, 2.24) is 4.98 Å². The maximum absolute atomic E-state index is 15.3. The summed E-state index contributed by atoms with van der Waals surface area (Å²) in [5, 5.41) is 0.565. The first-order valence-electron chi connectivity index (χ1n) is 9.73. The first-order valence-corrected chi connectivity index (χ1v) is 9.73. The molecule has 0 spiro atoms. The lowest BCUT2D eigenvalue weighted by Gasteiger charge is -2.31. The Morgan fingerprint density at radius 2 is 2.00 bits per heavy atom. The highest BCUT2D eigenvalue weighted by Gasteiger charge is 2.32. The number of aliphatic imine (C=N–C) groups is 1. The average Bonchev–Trinajstić information content (AvgIpc) is 3.11. The number of benzene rings is 2. The van der Waals surface area contributed by atoms with Gasteiger partial charge >= 0.3 is 6.18 Å². The number of fused-ring (bicyclic) bond motifs is 3. The van der Waals surface area contributed by atoms with Crippen LogP contribution in [-0.4, -0.2) is 35.6 Å². The zero-order valence-electron chi connectivity index (χ0n) is 16.7. The van der Waals surface area contributed by atoms with Crippen LogP contribution in [0.4, 0.5) is 23.2 Å². The summed E-state index contributed by atoms with van der Waals surface area (Å²) in [7, 11) is 0. The summed E-state index contributed by atoms with van der Waals surface area (Å²) < 4.78 is 54.8. The van der Waals surface area contributed by atoms with Gasteiger partial charge in [-0.2, -0.15) is 13.2 Å². The number of nitrogens with one attached hydrogen (secondary N) is 1. The van der Waals surface area contributed by atoms with E-state index in [2.05, 4.69) is 16.6 Å². The molecule has 0 atom stereocenters. The standard InChI is InChI=1S/C22H18F4N4O2/c1-2-17(31)28-12-4-3-7-30(10-12)20-15(23)9-14(21(27)32)19-18(20)13-6-5-11(22(24,25)26)8-16(13)29-19/h2,5-6,8-9,29H,1,3-4,7,10H2,(H2,27,32). The van der Waals surface area contributed by atoms with Gasteiger partial charge in [-0.1, -0.05) is 12.6 Å². The van der Waals surface area contributed by atoms with Crippen molar-refractivity contribution in [1.29, 1.82) is 0 Å². The first-order chi connectivity index (χ1) is 15.1. The molecule has 1 fully saturated rings. The number of carbonyl (C=O) groups excluding carboxylic acids is 2. The largest absolute Gasteiger partial charge is 0.416 e. The number of H-pyrrole nitrogens is 1. The number of nitrogens with zero attached hydrogens (tertiary/aromatic N) is 2. The van der Waals surface area contributed by atoms with Crippen LogP contribution < -0.4 is 10.6 Å². The second kappa shape index (κ2) is 7.77. The zero-order chi connectivity index (χ0) is 23.2. The highest BCUT2D eigenvalue weighted by molar-refractivity contribution is 6.20. The molecule has 0 radical (unpaired) electrons. The Morgan fingerprint density at radius 1 is 1.25 bits per heavy atom. The molecule has 1 aromatic heterocycles. The topological polar surface area (TPSA) is 91.5 Å². The number of rotatable bonds is 3. The number of alkyl halides is 3. The van der Waals surface area contributed by atoms with Gasteiger partial charge in [-0.25, -0.2) is 9.38 Å². The molecule has 1 aliphatic rings. The number of carbonyl (C=O) groups is 2. The molecular weight excluding hydrogens is 428 g/mol. The molecule has 166 valence electrons. The summed E-state index contributed by atoms with van der Waals surface area (Å²) in [4.78, 5) is 32.0. The molecule has 1 saturated heterocycles. The van der Waals surface area contributed by atoms with Gasteiger partial charge in [-0.05, 0) is 37.1 Å². The van der Waals surface area contributed by atoms with Crippen LogP contribution >= 0.6 is 0 Å². The Bertz CT molecular complexity index is 1310. The second-order valence-electron chi connectivity index (χ2n) is 7.50. The Labute approximate surface area is 179 Å². The number of amides is 2. The van der Waals surface area contributed by atoms with Crippen molar-refractivity contribution in [3.8, 4) is 0 Å². The highest BCUT2D eigenvalue weighted by atomic mass is 19.4. The summed E-state index contributed by atoms with van der Waals surface area (Å²) in [5.74, 6) is -2.17. The number of aromatic nitrogens is 1. The molecule has 32 heavy (non-hydrogen) atoms. The minimum atomic E-state index is -4.57. The van der Waals surface area contributed by atoms with Crippen LogP contribution in [0.1, 0.15) is 28.8 Å². The van der Waals surface area contributed by atoms with Crippen molar-refractivity contribution < 1.29 is 27.2 Å². The molecule has 2 aromatic carbocycles. The quantitative estimate of drug-likeness (QED) is 0.463. The lowest BCUT2D eigenvalue weighted by Crippen LogP contribution is -2.36. The fourth-order valence-corrected chi connectivity index (χ4v) is 4.05. The van der Waals surface area contributed by atoms with E-state index in [1.165, 1.54) is 6.07 Å². The third-order valence-electron chi connectivity index (χ3n) is 5.42. The number of aromatic amines is 1. The third-order valence-corrected chi connectivity index (χ3v) is 5.42. The normalized spacial score (nSPS) is 16.1. The average molecular weight is 446 g/mol. The highest BCUT2D eigenvalue weighted by Crippen LogP contribution is 2.40.